The zero-order valence-electron chi connectivity index (χ0n) is 8.79. The highest BCUT2D eigenvalue weighted by Crippen LogP contribution is 2.17. The summed E-state index contributed by atoms with van der Waals surface area (Å²) in [6.07, 6.45) is 0.478. The molecular formula is C8H17NO3S. The van der Waals surface area contributed by atoms with Crippen molar-refractivity contribution < 1.29 is 13.2 Å². The SMILES string of the molecule is CC/C(=N/S(=O)(=O)C(C)(C)C)OC. The van der Waals surface area contributed by atoms with E-state index < -0.39 is 14.8 Å². The number of hydrogen-bond donors (Lipinski definition) is 0. The Kier molecular flexibility index (Phi) is 3.90. The summed E-state index contributed by atoms with van der Waals surface area (Å²) >= 11 is 0. The maximum Gasteiger partial charge on any atom is 0.261 e. The highest BCUT2D eigenvalue weighted by atomic mass is 32.2. The van der Waals surface area contributed by atoms with Crippen molar-refractivity contribution in [1.82, 2.24) is 0 Å². The minimum atomic E-state index is -3.46. The summed E-state index contributed by atoms with van der Waals surface area (Å²) in [7, 11) is -2.04. The second-order valence-electron chi connectivity index (χ2n) is 3.63. The average Bonchev–Trinajstić information content (AvgIpc) is 1.98. The zero-order valence-corrected chi connectivity index (χ0v) is 9.60. The van der Waals surface area contributed by atoms with Crippen molar-refractivity contribution in [2.45, 2.75) is 38.9 Å². The van der Waals surface area contributed by atoms with Gasteiger partial charge in [0.25, 0.3) is 10.0 Å². The molecule has 0 heterocycles. The van der Waals surface area contributed by atoms with Gasteiger partial charge in [0.1, 0.15) is 0 Å². The molecule has 78 valence electrons. The van der Waals surface area contributed by atoms with Crippen LogP contribution in [0, 0.1) is 0 Å². The molecule has 0 saturated heterocycles. The van der Waals surface area contributed by atoms with Gasteiger partial charge in [0.2, 0.25) is 0 Å². The molecule has 0 amide bonds. The van der Waals surface area contributed by atoms with Gasteiger partial charge in [-0.3, -0.25) is 0 Å². The summed E-state index contributed by atoms with van der Waals surface area (Å²) in [5.41, 5.74) is 0. The van der Waals surface area contributed by atoms with E-state index in [1.54, 1.807) is 27.7 Å². The zero-order chi connectivity index (χ0) is 10.7. The van der Waals surface area contributed by atoms with Crippen LogP contribution in [0.3, 0.4) is 0 Å². The largest absolute Gasteiger partial charge is 0.484 e. The fourth-order valence-corrected chi connectivity index (χ4v) is 1.26. The highest BCUT2D eigenvalue weighted by molar-refractivity contribution is 7.91. The first-order valence-corrected chi connectivity index (χ1v) is 5.56. The van der Waals surface area contributed by atoms with Crippen molar-refractivity contribution in [3.05, 3.63) is 0 Å². The van der Waals surface area contributed by atoms with Crippen molar-refractivity contribution in [2.75, 3.05) is 7.11 Å². The average molecular weight is 207 g/mol. The molecule has 0 aromatic heterocycles. The summed E-state index contributed by atoms with van der Waals surface area (Å²) in [6.45, 7) is 6.61. The lowest BCUT2D eigenvalue weighted by molar-refractivity contribution is 0.393. The van der Waals surface area contributed by atoms with E-state index in [1.807, 2.05) is 0 Å². The van der Waals surface area contributed by atoms with Crippen LogP contribution in [0.4, 0.5) is 0 Å². The molecule has 0 fully saturated rings. The van der Waals surface area contributed by atoms with Gasteiger partial charge >= 0.3 is 0 Å². The molecule has 0 aromatic rings. The molecule has 0 aliphatic rings. The van der Waals surface area contributed by atoms with Gasteiger partial charge in [0.05, 0.1) is 11.9 Å². The molecule has 0 N–H and O–H groups in total. The Labute approximate surface area is 80.1 Å². The first kappa shape index (κ1) is 12.4. The predicted molar refractivity (Wildman–Crippen MR) is 53.4 cm³/mol. The molecule has 0 aliphatic carbocycles. The van der Waals surface area contributed by atoms with Gasteiger partial charge in [-0.15, -0.1) is 4.40 Å². The van der Waals surface area contributed by atoms with Crippen LogP contribution in [0.2, 0.25) is 0 Å². The fraction of sp³-hybridized carbons (Fsp3) is 0.875. The van der Waals surface area contributed by atoms with E-state index in [0.717, 1.165) is 0 Å². The Morgan fingerprint density at radius 2 is 1.85 bits per heavy atom. The number of ether oxygens (including phenoxy) is 1. The summed E-state index contributed by atoms with van der Waals surface area (Å²) in [5.74, 6) is 0.245. The van der Waals surface area contributed by atoms with Crippen LogP contribution in [-0.4, -0.2) is 26.2 Å². The monoisotopic (exact) mass is 207 g/mol. The Hall–Kier alpha value is -0.580. The lowest BCUT2D eigenvalue weighted by Gasteiger charge is -2.15. The van der Waals surface area contributed by atoms with Crippen molar-refractivity contribution in [3.8, 4) is 0 Å². The molecule has 5 heteroatoms. The van der Waals surface area contributed by atoms with Crippen LogP contribution >= 0.6 is 0 Å². The van der Waals surface area contributed by atoms with E-state index in [0.29, 0.717) is 6.42 Å². The van der Waals surface area contributed by atoms with Crippen molar-refractivity contribution in [2.24, 2.45) is 4.40 Å². The van der Waals surface area contributed by atoms with Gasteiger partial charge in [0, 0.05) is 6.42 Å². The van der Waals surface area contributed by atoms with Crippen LogP contribution in [0.1, 0.15) is 34.1 Å². The minimum absolute atomic E-state index is 0.245. The van der Waals surface area contributed by atoms with Gasteiger partial charge in [0.15, 0.2) is 5.90 Å². The summed E-state index contributed by atoms with van der Waals surface area (Å²) < 4.78 is 30.5. The van der Waals surface area contributed by atoms with Crippen LogP contribution in [0.15, 0.2) is 4.40 Å². The molecule has 0 aliphatic heterocycles. The molecule has 0 atom stereocenters. The number of nitrogens with zero attached hydrogens (tertiary/aromatic N) is 1. The van der Waals surface area contributed by atoms with Crippen molar-refractivity contribution >= 4 is 15.9 Å². The number of methoxy groups -OCH3 is 1. The topological polar surface area (TPSA) is 55.7 Å². The summed E-state index contributed by atoms with van der Waals surface area (Å²) in [5, 5.41) is 0. The second kappa shape index (κ2) is 4.09. The molecule has 4 nitrogen and oxygen atoms in total. The smallest absolute Gasteiger partial charge is 0.261 e. The Morgan fingerprint density at radius 3 is 2.08 bits per heavy atom. The number of hydrogen-bond acceptors (Lipinski definition) is 3. The molecule has 0 spiro atoms. The molecule has 0 aromatic carbocycles. The predicted octanol–water partition coefficient (Wildman–Crippen LogP) is 1.57. The molecule has 0 bridgehead atoms. The molecule has 0 rings (SSSR count). The highest BCUT2D eigenvalue weighted by Gasteiger charge is 2.29. The van der Waals surface area contributed by atoms with E-state index in [2.05, 4.69) is 4.40 Å². The molecule has 0 unspecified atom stereocenters. The molecule has 0 saturated carbocycles. The minimum Gasteiger partial charge on any atom is -0.484 e. The summed E-state index contributed by atoms with van der Waals surface area (Å²) in [6, 6.07) is 0. The Morgan fingerprint density at radius 1 is 1.38 bits per heavy atom. The Bertz CT molecular complexity index is 279. The number of rotatable bonds is 2. The first-order chi connectivity index (χ1) is 5.74. The van der Waals surface area contributed by atoms with Crippen LogP contribution in [0.5, 0.6) is 0 Å². The standard InChI is InChI=1S/C8H17NO3S/c1-6-7(12-5)9-13(10,11)8(2,3)4/h6H2,1-5H3/b9-7-. The van der Waals surface area contributed by atoms with Crippen molar-refractivity contribution in [3.63, 3.8) is 0 Å². The summed E-state index contributed by atoms with van der Waals surface area (Å²) in [4.78, 5) is 0. The van der Waals surface area contributed by atoms with Gasteiger partial charge < -0.3 is 4.74 Å². The third kappa shape index (κ3) is 3.34. The Balaban J connectivity index is 5.00. The van der Waals surface area contributed by atoms with Crippen molar-refractivity contribution in [1.29, 1.82) is 0 Å². The van der Waals surface area contributed by atoms with Crippen LogP contribution < -0.4 is 0 Å². The van der Waals surface area contributed by atoms with Gasteiger partial charge in [-0.05, 0) is 20.8 Å². The maximum absolute atomic E-state index is 11.5. The lowest BCUT2D eigenvalue weighted by Crippen LogP contribution is -2.27. The van der Waals surface area contributed by atoms with Crippen LogP contribution in [-0.2, 0) is 14.8 Å². The third-order valence-corrected chi connectivity index (χ3v) is 3.53. The molecule has 13 heavy (non-hydrogen) atoms. The van der Waals surface area contributed by atoms with E-state index >= 15 is 0 Å². The van der Waals surface area contributed by atoms with E-state index in [-0.39, 0.29) is 5.90 Å². The maximum atomic E-state index is 11.5. The third-order valence-electron chi connectivity index (χ3n) is 1.53. The fourth-order valence-electron chi connectivity index (χ4n) is 0.517. The molecular weight excluding hydrogens is 190 g/mol. The lowest BCUT2D eigenvalue weighted by atomic mass is 10.3. The van der Waals surface area contributed by atoms with Gasteiger partial charge in [-0.1, -0.05) is 6.92 Å². The normalized spacial score (nSPS) is 14.4. The van der Waals surface area contributed by atoms with E-state index in [1.165, 1.54) is 7.11 Å². The second-order valence-corrected chi connectivity index (χ2v) is 5.99. The first-order valence-electron chi connectivity index (χ1n) is 4.12. The molecule has 0 radical (unpaired) electrons. The van der Waals surface area contributed by atoms with E-state index in [9.17, 15) is 8.42 Å². The van der Waals surface area contributed by atoms with Gasteiger partial charge in [-0.25, -0.2) is 8.42 Å². The number of sulfonamides is 1. The van der Waals surface area contributed by atoms with Gasteiger partial charge in [-0.2, -0.15) is 0 Å². The quantitative estimate of drug-likeness (QED) is 0.510. The van der Waals surface area contributed by atoms with Crippen LogP contribution in [0.25, 0.3) is 0 Å². The van der Waals surface area contributed by atoms with E-state index in [4.69, 9.17) is 4.74 Å².